The zero-order valence-corrected chi connectivity index (χ0v) is 11.2. The highest BCUT2D eigenvalue weighted by molar-refractivity contribution is 5.83. The van der Waals surface area contributed by atoms with Crippen molar-refractivity contribution in [1.82, 2.24) is 0 Å². The lowest BCUT2D eigenvalue weighted by Crippen LogP contribution is -2.51. The molecule has 100 valence electrons. The van der Waals surface area contributed by atoms with E-state index in [9.17, 15) is 4.79 Å². The standard InChI is InChI=1S/C13H26N2O2/c1-9-5-4-6-11(7-9)17-10(2)8-13(3,15)12(14)16/h9-11H,4-8,15H2,1-3H3,(H2,14,16). The third-order valence-corrected chi connectivity index (χ3v) is 3.59. The first kappa shape index (κ1) is 14.5. The quantitative estimate of drug-likeness (QED) is 0.768. The van der Waals surface area contributed by atoms with Crippen molar-refractivity contribution in [2.75, 3.05) is 0 Å². The lowest BCUT2D eigenvalue weighted by atomic mass is 9.88. The summed E-state index contributed by atoms with van der Waals surface area (Å²) in [5.74, 6) is 0.270. The summed E-state index contributed by atoms with van der Waals surface area (Å²) in [6.07, 6.45) is 5.53. The van der Waals surface area contributed by atoms with Gasteiger partial charge in [-0.05, 0) is 39.0 Å². The Hall–Kier alpha value is -0.610. The van der Waals surface area contributed by atoms with Crippen LogP contribution in [-0.2, 0) is 9.53 Å². The second-order valence-electron chi connectivity index (χ2n) is 5.83. The second kappa shape index (κ2) is 5.83. The van der Waals surface area contributed by atoms with E-state index in [-0.39, 0.29) is 6.10 Å². The number of hydrogen-bond donors (Lipinski definition) is 2. The number of primary amides is 1. The second-order valence-corrected chi connectivity index (χ2v) is 5.83. The Morgan fingerprint density at radius 3 is 2.71 bits per heavy atom. The number of ether oxygens (including phenoxy) is 1. The van der Waals surface area contributed by atoms with Gasteiger partial charge in [0.2, 0.25) is 5.91 Å². The normalized spacial score (nSPS) is 30.6. The van der Waals surface area contributed by atoms with Gasteiger partial charge in [0.05, 0.1) is 17.7 Å². The summed E-state index contributed by atoms with van der Waals surface area (Å²) in [4.78, 5) is 11.1. The fourth-order valence-electron chi connectivity index (χ4n) is 2.58. The molecule has 0 aromatic heterocycles. The zero-order chi connectivity index (χ0) is 13.1. The van der Waals surface area contributed by atoms with Crippen molar-refractivity contribution in [3.63, 3.8) is 0 Å². The Kier molecular flexibility index (Phi) is 4.95. The van der Waals surface area contributed by atoms with Gasteiger partial charge in [-0.1, -0.05) is 19.8 Å². The topological polar surface area (TPSA) is 78.3 Å². The molecule has 0 heterocycles. The van der Waals surface area contributed by atoms with Crippen molar-refractivity contribution in [3.8, 4) is 0 Å². The molecule has 1 amide bonds. The van der Waals surface area contributed by atoms with E-state index >= 15 is 0 Å². The fraction of sp³-hybridized carbons (Fsp3) is 0.923. The van der Waals surface area contributed by atoms with Crippen LogP contribution in [0.2, 0.25) is 0 Å². The highest BCUT2D eigenvalue weighted by Gasteiger charge is 2.30. The van der Waals surface area contributed by atoms with Crippen LogP contribution >= 0.6 is 0 Å². The molecular formula is C13H26N2O2. The highest BCUT2D eigenvalue weighted by Crippen LogP contribution is 2.27. The molecule has 4 unspecified atom stereocenters. The van der Waals surface area contributed by atoms with Crippen LogP contribution < -0.4 is 11.5 Å². The summed E-state index contributed by atoms with van der Waals surface area (Å²) in [5.41, 5.74) is 10.1. The van der Waals surface area contributed by atoms with Crippen molar-refractivity contribution >= 4 is 5.91 Å². The predicted molar refractivity (Wildman–Crippen MR) is 68.4 cm³/mol. The molecule has 0 spiro atoms. The number of hydrogen-bond acceptors (Lipinski definition) is 3. The summed E-state index contributed by atoms with van der Waals surface area (Å²) < 4.78 is 5.96. The molecule has 4 heteroatoms. The molecule has 0 saturated heterocycles. The summed E-state index contributed by atoms with van der Waals surface area (Å²) in [6.45, 7) is 5.89. The van der Waals surface area contributed by atoms with Crippen LogP contribution in [-0.4, -0.2) is 23.7 Å². The zero-order valence-electron chi connectivity index (χ0n) is 11.2. The molecule has 17 heavy (non-hydrogen) atoms. The molecule has 1 saturated carbocycles. The SMILES string of the molecule is CC1CCCC(OC(C)CC(C)(N)C(N)=O)C1. The molecule has 1 rings (SSSR count). The maximum Gasteiger partial charge on any atom is 0.237 e. The Morgan fingerprint density at radius 1 is 1.53 bits per heavy atom. The average molecular weight is 242 g/mol. The maximum absolute atomic E-state index is 11.1. The van der Waals surface area contributed by atoms with Crippen LogP contribution in [0.25, 0.3) is 0 Å². The van der Waals surface area contributed by atoms with Crippen LogP contribution in [0.5, 0.6) is 0 Å². The Labute approximate surface area is 104 Å². The summed E-state index contributed by atoms with van der Waals surface area (Å²) in [6, 6.07) is 0. The molecule has 0 bridgehead atoms. The Bertz CT molecular complexity index is 266. The Balaban J connectivity index is 2.38. The number of carbonyl (C=O) groups excluding carboxylic acids is 1. The number of nitrogens with two attached hydrogens (primary N) is 2. The van der Waals surface area contributed by atoms with E-state index < -0.39 is 11.4 Å². The van der Waals surface area contributed by atoms with Gasteiger partial charge in [-0.2, -0.15) is 0 Å². The van der Waals surface area contributed by atoms with E-state index in [2.05, 4.69) is 6.92 Å². The number of amides is 1. The molecular weight excluding hydrogens is 216 g/mol. The van der Waals surface area contributed by atoms with Gasteiger partial charge < -0.3 is 16.2 Å². The summed E-state index contributed by atoms with van der Waals surface area (Å²) >= 11 is 0. The van der Waals surface area contributed by atoms with Crippen molar-refractivity contribution in [2.45, 2.75) is 70.6 Å². The Morgan fingerprint density at radius 2 is 2.18 bits per heavy atom. The first-order chi connectivity index (χ1) is 7.81. The number of carbonyl (C=O) groups is 1. The monoisotopic (exact) mass is 242 g/mol. The summed E-state index contributed by atoms with van der Waals surface area (Å²) in [5, 5.41) is 0. The molecule has 0 aromatic carbocycles. The maximum atomic E-state index is 11.1. The van der Waals surface area contributed by atoms with E-state index in [0.717, 1.165) is 18.8 Å². The van der Waals surface area contributed by atoms with E-state index in [0.29, 0.717) is 12.5 Å². The van der Waals surface area contributed by atoms with Crippen LogP contribution in [0.4, 0.5) is 0 Å². The van der Waals surface area contributed by atoms with Gasteiger partial charge in [-0.15, -0.1) is 0 Å². The van der Waals surface area contributed by atoms with Crippen molar-refractivity contribution in [2.24, 2.45) is 17.4 Å². The van der Waals surface area contributed by atoms with Crippen LogP contribution in [0.1, 0.15) is 52.9 Å². The fourth-order valence-corrected chi connectivity index (χ4v) is 2.58. The smallest absolute Gasteiger partial charge is 0.237 e. The lowest BCUT2D eigenvalue weighted by Gasteiger charge is -2.31. The third kappa shape index (κ3) is 4.64. The van der Waals surface area contributed by atoms with Gasteiger partial charge in [0, 0.05) is 0 Å². The molecule has 1 fully saturated rings. The molecule has 0 aromatic rings. The molecule has 1 aliphatic rings. The van der Waals surface area contributed by atoms with E-state index in [4.69, 9.17) is 16.2 Å². The predicted octanol–water partition coefficient (Wildman–Crippen LogP) is 1.56. The molecule has 4 atom stereocenters. The highest BCUT2D eigenvalue weighted by atomic mass is 16.5. The van der Waals surface area contributed by atoms with Crippen molar-refractivity contribution in [3.05, 3.63) is 0 Å². The van der Waals surface area contributed by atoms with E-state index in [1.807, 2.05) is 6.92 Å². The lowest BCUT2D eigenvalue weighted by molar-refractivity contribution is -0.124. The minimum Gasteiger partial charge on any atom is -0.375 e. The first-order valence-electron chi connectivity index (χ1n) is 6.55. The first-order valence-corrected chi connectivity index (χ1v) is 6.55. The van der Waals surface area contributed by atoms with Gasteiger partial charge in [0.1, 0.15) is 0 Å². The van der Waals surface area contributed by atoms with Crippen LogP contribution in [0.15, 0.2) is 0 Å². The van der Waals surface area contributed by atoms with Gasteiger partial charge in [-0.3, -0.25) is 4.79 Å². The minimum absolute atomic E-state index is 0.0206. The molecule has 1 aliphatic carbocycles. The number of rotatable bonds is 5. The van der Waals surface area contributed by atoms with Crippen molar-refractivity contribution in [1.29, 1.82) is 0 Å². The molecule has 0 aliphatic heterocycles. The van der Waals surface area contributed by atoms with Crippen LogP contribution in [0.3, 0.4) is 0 Å². The largest absolute Gasteiger partial charge is 0.375 e. The van der Waals surface area contributed by atoms with Gasteiger partial charge >= 0.3 is 0 Å². The van der Waals surface area contributed by atoms with E-state index in [1.165, 1.54) is 12.8 Å². The van der Waals surface area contributed by atoms with Crippen LogP contribution in [0, 0.1) is 5.92 Å². The van der Waals surface area contributed by atoms with Gasteiger partial charge in [-0.25, -0.2) is 0 Å². The minimum atomic E-state index is -0.973. The van der Waals surface area contributed by atoms with Gasteiger partial charge in [0.15, 0.2) is 0 Å². The van der Waals surface area contributed by atoms with E-state index in [1.54, 1.807) is 6.92 Å². The summed E-state index contributed by atoms with van der Waals surface area (Å²) in [7, 11) is 0. The molecule has 4 nitrogen and oxygen atoms in total. The average Bonchev–Trinajstić information content (AvgIpc) is 2.15. The molecule has 4 N–H and O–H groups in total. The van der Waals surface area contributed by atoms with Gasteiger partial charge in [0.25, 0.3) is 0 Å². The molecule has 0 radical (unpaired) electrons. The van der Waals surface area contributed by atoms with Crippen molar-refractivity contribution < 1.29 is 9.53 Å². The third-order valence-electron chi connectivity index (χ3n) is 3.59.